The lowest BCUT2D eigenvalue weighted by Crippen LogP contribution is -2.57. The maximum Gasteiger partial charge on any atom is 0.173 e. The molecule has 0 atom stereocenters. The van der Waals surface area contributed by atoms with Gasteiger partial charge in [-0.05, 0) is 61.4 Å². The van der Waals surface area contributed by atoms with Gasteiger partial charge >= 0.3 is 0 Å². The third kappa shape index (κ3) is 3.19. The van der Waals surface area contributed by atoms with Gasteiger partial charge in [0.25, 0.3) is 0 Å². The van der Waals surface area contributed by atoms with E-state index >= 15 is 0 Å². The predicted octanol–water partition coefficient (Wildman–Crippen LogP) is 4.31. The highest BCUT2D eigenvalue weighted by molar-refractivity contribution is 7.10. The smallest absolute Gasteiger partial charge is 0.173 e. The summed E-state index contributed by atoms with van der Waals surface area (Å²) in [4.78, 5) is 2.64. The van der Waals surface area contributed by atoms with E-state index in [1.165, 1.54) is 43.6 Å². The monoisotopic (exact) mass is 392 g/mol. The molecule has 2 aliphatic rings. The second-order valence-corrected chi connectivity index (χ2v) is 17.7. The third-order valence-corrected chi connectivity index (χ3v) is 16.2. The first-order chi connectivity index (χ1) is 12.9. The van der Waals surface area contributed by atoms with Gasteiger partial charge in [0.15, 0.2) is 16.5 Å². The molecule has 4 rings (SSSR count). The van der Waals surface area contributed by atoms with Gasteiger partial charge in [0.1, 0.15) is 0 Å². The zero-order valence-corrected chi connectivity index (χ0v) is 19.2. The molecule has 0 aromatic heterocycles. The van der Waals surface area contributed by atoms with Crippen LogP contribution < -0.4 is 10.4 Å². The Hall–Kier alpha value is -1.79. The van der Waals surface area contributed by atoms with Gasteiger partial charge in [-0.3, -0.25) is 0 Å². The van der Waals surface area contributed by atoms with Gasteiger partial charge in [-0.2, -0.15) is 0 Å². The first-order valence-corrected chi connectivity index (χ1v) is 16.2. The average molecular weight is 393 g/mol. The molecule has 0 N–H and O–H groups in total. The summed E-state index contributed by atoms with van der Waals surface area (Å²) in [5.41, 5.74) is 2.80. The van der Waals surface area contributed by atoms with Gasteiger partial charge in [0, 0.05) is 19.3 Å². The molecule has 0 bridgehead atoms. The van der Waals surface area contributed by atoms with E-state index < -0.39 is 16.5 Å². The van der Waals surface area contributed by atoms with Crippen LogP contribution >= 0.6 is 0 Å². The van der Waals surface area contributed by atoms with E-state index in [1.54, 1.807) is 10.4 Å². The Morgan fingerprint density at radius 3 is 1.81 bits per heavy atom. The van der Waals surface area contributed by atoms with Crippen LogP contribution in [-0.2, 0) is 0 Å². The maximum atomic E-state index is 2.86. The fraction of sp³-hybridized carbons (Fsp3) is 0.391. The summed E-state index contributed by atoms with van der Waals surface area (Å²) >= 11 is 0. The highest BCUT2D eigenvalue weighted by Gasteiger charge is 2.50. The Balaban J connectivity index is 1.83. The van der Waals surface area contributed by atoms with Crippen LogP contribution in [0.3, 0.4) is 0 Å². The van der Waals surface area contributed by atoms with Gasteiger partial charge in [-0.1, -0.05) is 54.6 Å². The fourth-order valence-electron chi connectivity index (χ4n) is 5.04. The number of piperidine rings is 1. The molecule has 0 radical (unpaired) electrons. The van der Waals surface area contributed by atoms with Gasteiger partial charge in [0.2, 0.25) is 0 Å². The van der Waals surface area contributed by atoms with Crippen molar-refractivity contribution in [3.8, 4) is 0 Å². The molecule has 2 aromatic carbocycles. The Labute approximate surface area is 166 Å². The minimum atomic E-state index is -1.69. The first-order valence-electron chi connectivity index (χ1n) is 10.3. The van der Waals surface area contributed by atoms with Gasteiger partial charge in [0.05, 0.1) is 5.70 Å². The van der Waals surface area contributed by atoms with Crippen LogP contribution in [0.2, 0.25) is 26.2 Å². The molecule has 0 spiro atoms. The standard InChI is InChI=1S/C23H32N2Si2/c1-26(2)22-15-9-10-16-23(22)27(3,4)25(26)19-21(20-13-7-5-8-14-20)24-17-11-6-12-18-24/h5,7-10,13-16,19H,6,11-12,17-18H2,1-4H3/b21-19+. The van der Waals surface area contributed by atoms with E-state index in [-0.39, 0.29) is 0 Å². The highest BCUT2D eigenvalue weighted by atomic mass is 28.4. The number of hydrogen-bond acceptors (Lipinski definition) is 2. The van der Waals surface area contributed by atoms with Crippen LogP contribution in [0.25, 0.3) is 5.70 Å². The average Bonchev–Trinajstić information content (AvgIpc) is 2.84. The molecule has 1 saturated heterocycles. The van der Waals surface area contributed by atoms with Crippen LogP contribution in [0.4, 0.5) is 0 Å². The molecular formula is C23H32N2Si2. The van der Waals surface area contributed by atoms with Crippen LogP contribution in [-0.4, -0.2) is 38.7 Å². The Kier molecular flexibility index (Phi) is 4.81. The van der Waals surface area contributed by atoms with Crippen molar-refractivity contribution in [1.29, 1.82) is 0 Å². The second-order valence-electron chi connectivity index (χ2n) is 8.96. The Morgan fingerprint density at radius 2 is 1.26 bits per heavy atom. The first kappa shape index (κ1) is 18.6. The molecule has 27 heavy (non-hydrogen) atoms. The second kappa shape index (κ2) is 6.99. The molecule has 0 saturated carbocycles. The molecule has 2 aliphatic heterocycles. The van der Waals surface area contributed by atoms with Crippen LogP contribution in [0.1, 0.15) is 24.8 Å². The highest BCUT2D eigenvalue weighted by Crippen LogP contribution is 2.31. The van der Waals surface area contributed by atoms with Gasteiger partial charge in [-0.15, -0.1) is 0 Å². The van der Waals surface area contributed by atoms with Crippen LogP contribution in [0, 0.1) is 0 Å². The lowest BCUT2D eigenvalue weighted by Gasteiger charge is -2.41. The minimum Gasteiger partial charge on any atom is -0.422 e. The summed E-state index contributed by atoms with van der Waals surface area (Å²) in [5, 5.41) is 3.29. The third-order valence-electron chi connectivity index (χ3n) is 6.47. The summed E-state index contributed by atoms with van der Waals surface area (Å²) in [6.45, 7) is 12.5. The van der Waals surface area contributed by atoms with Gasteiger partial charge < -0.3 is 9.13 Å². The largest absolute Gasteiger partial charge is 0.422 e. The van der Waals surface area contributed by atoms with Crippen molar-refractivity contribution in [2.75, 3.05) is 13.1 Å². The number of benzene rings is 2. The lowest BCUT2D eigenvalue weighted by molar-refractivity contribution is 0.324. The molecule has 142 valence electrons. The van der Waals surface area contributed by atoms with E-state index in [0.717, 1.165) is 0 Å². The van der Waals surface area contributed by atoms with Crippen LogP contribution in [0.5, 0.6) is 0 Å². The number of fused-ring (bicyclic) bond motifs is 1. The van der Waals surface area contributed by atoms with Crippen molar-refractivity contribution < 1.29 is 0 Å². The SMILES string of the molecule is C[Si]1(C)c2ccccc2[Si](C)(C)N1/C=C(\c1ccccc1)N1CCCCC1. The zero-order chi connectivity index (χ0) is 19.1. The molecular weight excluding hydrogens is 360 g/mol. The summed E-state index contributed by atoms with van der Waals surface area (Å²) in [6, 6.07) is 20.3. The minimum absolute atomic E-state index is 1.19. The maximum absolute atomic E-state index is 2.86. The fourth-order valence-corrected chi connectivity index (χ4v) is 17.1. The van der Waals surface area contributed by atoms with Crippen molar-refractivity contribution in [2.24, 2.45) is 0 Å². The number of likely N-dealkylation sites (tertiary alicyclic amines) is 1. The summed E-state index contributed by atoms with van der Waals surface area (Å²) in [6.07, 6.45) is 6.56. The van der Waals surface area contributed by atoms with Gasteiger partial charge in [-0.25, -0.2) is 0 Å². The van der Waals surface area contributed by atoms with Crippen molar-refractivity contribution in [3.05, 3.63) is 66.4 Å². The van der Waals surface area contributed by atoms with Crippen molar-refractivity contribution in [1.82, 2.24) is 9.13 Å². The van der Waals surface area contributed by atoms with E-state index in [2.05, 4.69) is 96.1 Å². The molecule has 0 unspecified atom stereocenters. The molecule has 4 heteroatoms. The van der Waals surface area contributed by atoms with Crippen molar-refractivity contribution >= 4 is 32.5 Å². The van der Waals surface area contributed by atoms with Crippen molar-refractivity contribution in [2.45, 2.75) is 45.5 Å². The lowest BCUT2D eigenvalue weighted by atomic mass is 10.1. The van der Waals surface area contributed by atoms with Crippen molar-refractivity contribution in [3.63, 3.8) is 0 Å². The Bertz CT molecular complexity index is 801. The molecule has 2 aromatic rings. The summed E-state index contributed by atoms with van der Waals surface area (Å²) in [5.74, 6) is 0. The van der Waals surface area contributed by atoms with E-state index in [0.29, 0.717) is 0 Å². The Morgan fingerprint density at radius 1 is 0.741 bits per heavy atom. The van der Waals surface area contributed by atoms with E-state index in [4.69, 9.17) is 0 Å². The topological polar surface area (TPSA) is 6.48 Å². The number of rotatable bonds is 3. The molecule has 0 amide bonds. The summed E-state index contributed by atoms with van der Waals surface area (Å²) < 4.78 is 2.86. The predicted molar refractivity (Wildman–Crippen MR) is 122 cm³/mol. The number of nitrogens with zero attached hydrogens (tertiary/aromatic N) is 2. The number of hydrogen-bond donors (Lipinski definition) is 0. The molecule has 1 fully saturated rings. The quantitative estimate of drug-likeness (QED) is 0.718. The molecule has 2 nitrogen and oxygen atoms in total. The molecule has 2 heterocycles. The molecule has 0 aliphatic carbocycles. The normalized spacial score (nSPS) is 21.3. The summed E-state index contributed by atoms with van der Waals surface area (Å²) in [7, 11) is -3.39. The van der Waals surface area contributed by atoms with E-state index in [9.17, 15) is 0 Å². The zero-order valence-electron chi connectivity index (χ0n) is 17.2. The van der Waals surface area contributed by atoms with E-state index in [1.807, 2.05) is 0 Å². The van der Waals surface area contributed by atoms with Crippen LogP contribution in [0.15, 0.2) is 60.8 Å².